The number of nitrogens with one attached hydrogen (secondary N) is 2. The molecule has 2 heterocycles. The van der Waals surface area contributed by atoms with Gasteiger partial charge in [-0.1, -0.05) is 6.07 Å². The number of pyridine rings is 1. The molecule has 1 aromatic carbocycles. The zero-order chi connectivity index (χ0) is 16.9. The molecule has 120 valence electrons. The molecule has 7 nitrogen and oxygen atoms in total. The molecule has 0 radical (unpaired) electrons. The number of carbonyl (C=O) groups excluding carboxylic acids is 2. The molecule has 7 heteroatoms. The third-order valence-corrected chi connectivity index (χ3v) is 3.31. The van der Waals surface area contributed by atoms with Gasteiger partial charge in [0.2, 0.25) is 0 Å². The van der Waals surface area contributed by atoms with Gasteiger partial charge >= 0.3 is 5.97 Å². The van der Waals surface area contributed by atoms with E-state index in [4.69, 9.17) is 0 Å². The lowest BCUT2D eigenvalue weighted by atomic mass is 10.2. The fraction of sp³-hybridized carbons (Fsp3) is 0.0588. The van der Waals surface area contributed by atoms with E-state index in [2.05, 4.69) is 25.2 Å². The fourth-order valence-corrected chi connectivity index (χ4v) is 2.09. The number of ether oxygens (including phenoxy) is 1. The second-order valence-corrected chi connectivity index (χ2v) is 4.90. The molecular formula is C17H14N4O3. The largest absolute Gasteiger partial charge is 0.465 e. The van der Waals surface area contributed by atoms with Gasteiger partial charge in [0.25, 0.3) is 5.91 Å². The van der Waals surface area contributed by atoms with E-state index in [0.717, 1.165) is 0 Å². The highest BCUT2D eigenvalue weighted by molar-refractivity contribution is 6.03. The molecular weight excluding hydrogens is 308 g/mol. The molecule has 0 fully saturated rings. The summed E-state index contributed by atoms with van der Waals surface area (Å²) in [5, 5.41) is 9.50. The molecule has 0 aliphatic heterocycles. The van der Waals surface area contributed by atoms with Gasteiger partial charge in [0.05, 0.1) is 18.4 Å². The summed E-state index contributed by atoms with van der Waals surface area (Å²) >= 11 is 0. The van der Waals surface area contributed by atoms with Gasteiger partial charge in [0, 0.05) is 11.9 Å². The van der Waals surface area contributed by atoms with Crippen molar-refractivity contribution in [2.24, 2.45) is 0 Å². The van der Waals surface area contributed by atoms with Crippen LogP contribution in [0.3, 0.4) is 0 Å². The number of hydrogen-bond acceptors (Lipinski definition) is 5. The summed E-state index contributed by atoms with van der Waals surface area (Å²) in [6.07, 6.45) is 1.66. The van der Waals surface area contributed by atoms with Crippen LogP contribution in [0, 0.1) is 0 Å². The quantitative estimate of drug-likeness (QED) is 0.719. The Morgan fingerprint density at radius 2 is 1.88 bits per heavy atom. The minimum Gasteiger partial charge on any atom is -0.465 e. The average molecular weight is 322 g/mol. The summed E-state index contributed by atoms with van der Waals surface area (Å²) in [4.78, 5) is 27.8. The predicted molar refractivity (Wildman–Crippen MR) is 87.6 cm³/mol. The number of anilines is 1. The van der Waals surface area contributed by atoms with E-state index >= 15 is 0 Å². The molecule has 2 aromatic heterocycles. The second-order valence-electron chi connectivity index (χ2n) is 4.90. The predicted octanol–water partition coefficient (Wildman–Crippen LogP) is 2.51. The van der Waals surface area contributed by atoms with Crippen molar-refractivity contribution in [2.75, 3.05) is 12.4 Å². The van der Waals surface area contributed by atoms with Crippen LogP contribution < -0.4 is 5.32 Å². The Balaban J connectivity index is 1.71. The number of methoxy groups -OCH3 is 1. The van der Waals surface area contributed by atoms with Gasteiger partial charge < -0.3 is 10.1 Å². The van der Waals surface area contributed by atoms with Crippen LogP contribution in [-0.4, -0.2) is 34.2 Å². The lowest BCUT2D eigenvalue weighted by Gasteiger charge is -2.04. The summed E-state index contributed by atoms with van der Waals surface area (Å²) < 4.78 is 4.63. The number of amides is 1. The maximum absolute atomic E-state index is 12.2. The zero-order valence-electron chi connectivity index (χ0n) is 12.8. The minimum atomic E-state index is -0.429. The number of benzene rings is 1. The van der Waals surface area contributed by atoms with Crippen molar-refractivity contribution in [1.82, 2.24) is 15.2 Å². The fourth-order valence-electron chi connectivity index (χ4n) is 2.09. The third-order valence-electron chi connectivity index (χ3n) is 3.31. The average Bonchev–Trinajstić information content (AvgIpc) is 3.13. The first-order valence-corrected chi connectivity index (χ1v) is 7.14. The number of aromatic nitrogens is 3. The van der Waals surface area contributed by atoms with Crippen LogP contribution in [0.5, 0.6) is 0 Å². The van der Waals surface area contributed by atoms with E-state index in [1.807, 2.05) is 18.2 Å². The molecule has 24 heavy (non-hydrogen) atoms. The number of carbonyl (C=O) groups is 2. The number of esters is 1. The molecule has 3 rings (SSSR count). The van der Waals surface area contributed by atoms with Gasteiger partial charge in [-0.3, -0.25) is 14.9 Å². The molecule has 1 amide bonds. The van der Waals surface area contributed by atoms with E-state index in [1.165, 1.54) is 7.11 Å². The smallest absolute Gasteiger partial charge is 0.337 e. The van der Waals surface area contributed by atoms with E-state index in [-0.39, 0.29) is 5.91 Å². The first-order valence-electron chi connectivity index (χ1n) is 7.14. The van der Waals surface area contributed by atoms with Crippen molar-refractivity contribution in [2.45, 2.75) is 0 Å². The van der Waals surface area contributed by atoms with E-state index < -0.39 is 5.97 Å². The van der Waals surface area contributed by atoms with E-state index in [9.17, 15) is 9.59 Å². The number of nitrogens with zero attached hydrogens (tertiary/aromatic N) is 2. The molecule has 2 N–H and O–H groups in total. The van der Waals surface area contributed by atoms with E-state index in [1.54, 1.807) is 36.5 Å². The highest BCUT2D eigenvalue weighted by atomic mass is 16.5. The van der Waals surface area contributed by atoms with Crippen molar-refractivity contribution < 1.29 is 14.3 Å². The molecule has 0 unspecified atom stereocenters. The Morgan fingerprint density at radius 3 is 2.54 bits per heavy atom. The van der Waals surface area contributed by atoms with Crippen molar-refractivity contribution in [1.29, 1.82) is 0 Å². The Labute approximate surface area is 137 Å². The molecule has 0 aliphatic rings. The molecule has 0 saturated heterocycles. The van der Waals surface area contributed by atoms with Crippen molar-refractivity contribution >= 4 is 17.6 Å². The first-order chi connectivity index (χ1) is 11.7. The van der Waals surface area contributed by atoms with Gasteiger partial charge in [-0.15, -0.1) is 0 Å². The van der Waals surface area contributed by atoms with Gasteiger partial charge in [-0.05, 0) is 42.5 Å². The zero-order valence-corrected chi connectivity index (χ0v) is 12.8. The second kappa shape index (κ2) is 6.74. The van der Waals surface area contributed by atoms with Crippen LogP contribution in [0.25, 0.3) is 11.4 Å². The molecule has 0 bridgehead atoms. The van der Waals surface area contributed by atoms with Crippen LogP contribution in [0.15, 0.2) is 54.7 Å². The van der Waals surface area contributed by atoms with Crippen LogP contribution in [0.2, 0.25) is 0 Å². The van der Waals surface area contributed by atoms with Crippen LogP contribution in [0.1, 0.15) is 20.8 Å². The highest BCUT2D eigenvalue weighted by Crippen LogP contribution is 2.16. The van der Waals surface area contributed by atoms with E-state index in [0.29, 0.717) is 28.3 Å². The minimum absolute atomic E-state index is 0.313. The Morgan fingerprint density at radius 1 is 1.08 bits per heavy atom. The summed E-state index contributed by atoms with van der Waals surface area (Å²) in [5.74, 6) is -0.767. The van der Waals surface area contributed by atoms with Crippen LogP contribution >= 0.6 is 0 Å². The highest BCUT2D eigenvalue weighted by Gasteiger charge is 2.12. The summed E-state index contributed by atoms with van der Waals surface area (Å²) in [7, 11) is 1.31. The van der Waals surface area contributed by atoms with Gasteiger partial charge in [-0.2, -0.15) is 5.10 Å². The molecule has 0 atom stereocenters. The lowest BCUT2D eigenvalue weighted by molar-refractivity contribution is 0.0600. The number of rotatable bonds is 4. The van der Waals surface area contributed by atoms with Crippen molar-refractivity contribution in [3.63, 3.8) is 0 Å². The van der Waals surface area contributed by atoms with Crippen LogP contribution in [0.4, 0.5) is 5.69 Å². The Bertz CT molecular complexity index is 857. The number of H-pyrrole nitrogens is 1. The maximum atomic E-state index is 12.2. The van der Waals surface area contributed by atoms with Crippen molar-refractivity contribution in [3.05, 3.63) is 66.0 Å². The summed E-state index contributed by atoms with van der Waals surface area (Å²) in [6, 6.07) is 13.5. The van der Waals surface area contributed by atoms with Crippen LogP contribution in [-0.2, 0) is 4.74 Å². The lowest BCUT2D eigenvalue weighted by Crippen LogP contribution is -2.12. The topological polar surface area (TPSA) is 97.0 Å². The summed E-state index contributed by atoms with van der Waals surface area (Å²) in [5.41, 5.74) is 2.54. The Hall–Kier alpha value is -3.48. The van der Waals surface area contributed by atoms with Gasteiger partial charge in [0.1, 0.15) is 11.4 Å². The standard InChI is InChI=1S/C17H14N4O3/c1-24-17(23)11-5-7-12(8-6-11)19-16(22)15-10-14(20-21-15)13-4-2-3-9-18-13/h2-10H,1H3,(H,19,22)(H,20,21). The normalized spacial score (nSPS) is 10.2. The molecule has 0 spiro atoms. The van der Waals surface area contributed by atoms with Crippen molar-refractivity contribution in [3.8, 4) is 11.4 Å². The molecule has 0 aliphatic carbocycles. The molecule has 3 aromatic rings. The Kier molecular flexibility index (Phi) is 4.33. The van der Waals surface area contributed by atoms with Gasteiger partial charge in [-0.25, -0.2) is 4.79 Å². The number of aromatic amines is 1. The monoisotopic (exact) mass is 322 g/mol. The SMILES string of the molecule is COC(=O)c1ccc(NC(=O)c2cc(-c3ccccn3)n[nH]2)cc1. The third kappa shape index (κ3) is 3.30. The summed E-state index contributed by atoms with van der Waals surface area (Å²) in [6.45, 7) is 0. The van der Waals surface area contributed by atoms with Gasteiger partial charge in [0.15, 0.2) is 0 Å². The molecule has 0 saturated carbocycles. The first kappa shape index (κ1) is 15.4. The number of hydrogen-bond donors (Lipinski definition) is 2. The maximum Gasteiger partial charge on any atom is 0.337 e.